The molecule has 0 fully saturated rings. The van der Waals surface area contributed by atoms with Crippen LogP contribution in [0.1, 0.15) is 36.5 Å². The highest BCUT2D eigenvalue weighted by Gasteiger charge is 2.30. The summed E-state index contributed by atoms with van der Waals surface area (Å²) in [6.45, 7) is 14.4. The van der Waals surface area contributed by atoms with Gasteiger partial charge in [-0.25, -0.2) is 0 Å². The molecule has 2 N–H and O–H groups in total. The van der Waals surface area contributed by atoms with Gasteiger partial charge in [0.1, 0.15) is 0 Å². The van der Waals surface area contributed by atoms with Gasteiger partial charge in [0.2, 0.25) is 0 Å². The molecule has 1 aromatic rings. The van der Waals surface area contributed by atoms with E-state index < -0.39 is 5.60 Å². The van der Waals surface area contributed by atoms with Crippen LogP contribution in [0, 0.1) is 13.8 Å². The Balaban J connectivity index is 2.68. The van der Waals surface area contributed by atoms with Crippen molar-refractivity contribution in [3.8, 4) is 0 Å². The Kier molecular flexibility index (Phi) is 6.18. The molecule has 2 nitrogen and oxygen atoms in total. The van der Waals surface area contributed by atoms with E-state index in [4.69, 9.17) is 0 Å². The van der Waals surface area contributed by atoms with Gasteiger partial charge in [-0.2, -0.15) is 0 Å². The van der Waals surface area contributed by atoms with Crippen LogP contribution in [0.15, 0.2) is 43.5 Å². The predicted molar refractivity (Wildman–Crippen MR) is 86.8 cm³/mol. The minimum absolute atomic E-state index is 0.0277. The van der Waals surface area contributed by atoms with Gasteiger partial charge in [0, 0.05) is 12.6 Å². The molecule has 1 rings (SSSR count). The molecule has 0 heterocycles. The van der Waals surface area contributed by atoms with Gasteiger partial charge in [-0.1, -0.05) is 30.4 Å². The second kappa shape index (κ2) is 7.41. The van der Waals surface area contributed by atoms with E-state index in [1.54, 1.807) is 12.2 Å². The maximum absolute atomic E-state index is 10.7. The van der Waals surface area contributed by atoms with E-state index in [2.05, 4.69) is 50.5 Å². The van der Waals surface area contributed by atoms with Crippen molar-refractivity contribution < 1.29 is 5.11 Å². The molecular formula is C18H27NO. The molecule has 0 radical (unpaired) electrons. The first-order valence-electron chi connectivity index (χ1n) is 7.16. The van der Waals surface area contributed by atoms with Crippen LogP contribution in [0.5, 0.6) is 0 Å². The van der Waals surface area contributed by atoms with Gasteiger partial charge in [0.15, 0.2) is 0 Å². The number of aryl methyl sites for hydroxylation is 2. The quantitative estimate of drug-likeness (QED) is 0.708. The lowest BCUT2D eigenvalue weighted by Gasteiger charge is -2.33. The fourth-order valence-electron chi connectivity index (χ4n) is 2.31. The highest BCUT2D eigenvalue weighted by molar-refractivity contribution is 5.29. The van der Waals surface area contributed by atoms with Crippen molar-refractivity contribution in [3.05, 3.63) is 60.2 Å². The lowest BCUT2D eigenvalue weighted by molar-refractivity contribution is 0.0122. The third kappa shape index (κ3) is 4.32. The smallest absolute Gasteiger partial charge is 0.0865 e. The molecule has 20 heavy (non-hydrogen) atoms. The lowest BCUT2D eigenvalue weighted by Crippen LogP contribution is -2.48. The van der Waals surface area contributed by atoms with Gasteiger partial charge in [0.25, 0.3) is 0 Å². The lowest BCUT2D eigenvalue weighted by atomic mass is 9.88. The zero-order valence-corrected chi connectivity index (χ0v) is 12.9. The molecule has 1 atom stereocenters. The minimum Gasteiger partial charge on any atom is -0.388 e. The fraction of sp³-hybridized carbons (Fsp3) is 0.444. The van der Waals surface area contributed by atoms with E-state index in [0.29, 0.717) is 12.8 Å². The normalized spacial score (nSPS) is 13.0. The van der Waals surface area contributed by atoms with Crippen LogP contribution >= 0.6 is 0 Å². The number of hydrogen-bond donors (Lipinski definition) is 2. The average Bonchev–Trinajstić information content (AvgIpc) is 2.40. The van der Waals surface area contributed by atoms with Crippen molar-refractivity contribution in [2.45, 2.75) is 51.8 Å². The first kappa shape index (κ1) is 16.7. The van der Waals surface area contributed by atoms with E-state index in [0.717, 1.165) is 6.54 Å². The Morgan fingerprint density at radius 1 is 1.20 bits per heavy atom. The van der Waals surface area contributed by atoms with Gasteiger partial charge in [-0.15, -0.1) is 13.2 Å². The Labute approximate surface area is 123 Å². The molecule has 110 valence electrons. The highest BCUT2D eigenvalue weighted by Crippen LogP contribution is 2.21. The Bertz CT molecular complexity index is 454. The Morgan fingerprint density at radius 3 is 2.30 bits per heavy atom. The predicted octanol–water partition coefficient (Wildman–Crippen LogP) is 3.66. The number of aliphatic hydroxyl groups is 1. The summed E-state index contributed by atoms with van der Waals surface area (Å²) in [5.41, 5.74) is 3.02. The Hall–Kier alpha value is -1.38. The van der Waals surface area contributed by atoms with E-state index in [1.807, 2.05) is 6.92 Å². The van der Waals surface area contributed by atoms with E-state index >= 15 is 0 Å². The van der Waals surface area contributed by atoms with Crippen molar-refractivity contribution in [2.24, 2.45) is 0 Å². The summed E-state index contributed by atoms with van der Waals surface area (Å²) in [5.74, 6) is 0. The van der Waals surface area contributed by atoms with Crippen molar-refractivity contribution in [1.82, 2.24) is 5.32 Å². The zero-order valence-electron chi connectivity index (χ0n) is 12.9. The van der Waals surface area contributed by atoms with Crippen molar-refractivity contribution >= 4 is 0 Å². The van der Waals surface area contributed by atoms with Crippen LogP contribution in [0.3, 0.4) is 0 Å². The second-order valence-electron chi connectivity index (χ2n) is 5.61. The summed E-state index contributed by atoms with van der Waals surface area (Å²) >= 11 is 0. The van der Waals surface area contributed by atoms with Crippen LogP contribution in [-0.4, -0.2) is 16.7 Å². The molecule has 0 aliphatic heterocycles. The molecule has 0 amide bonds. The molecule has 1 aromatic carbocycles. The van der Waals surface area contributed by atoms with Gasteiger partial charge in [-0.05, 0) is 50.3 Å². The van der Waals surface area contributed by atoms with Crippen LogP contribution in [-0.2, 0) is 6.54 Å². The zero-order chi connectivity index (χ0) is 15.2. The number of benzene rings is 1. The van der Waals surface area contributed by atoms with Crippen LogP contribution in [0.2, 0.25) is 0 Å². The van der Waals surface area contributed by atoms with Gasteiger partial charge < -0.3 is 10.4 Å². The molecule has 0 saturated heterocycles. The molecule has 0 aliphatic carbocycles. The molecule has 0 saturated carbocycles. The summed E-state index contributed by atoms with van der Waals surface area (Å²) in [4.78, 5) is 0. The second-order valence-corrected chi connectivity index (χ2v) is 5.61. The monoisotopic (exact) mass is 273 g/mol. The molecular weight excluding hydrogens is 246 g/mol. The number of rotatable bonds is 8. The molecule has 0 spiro atoms. The van der Waals surface area contributed by atoms with Gasteiger partial charge in [-0.3, -0.25) is 0 Å². The van der Waals surface area contributed by atoms with Gasteiger partial charge >= 0.3 is 0 Å². The summed E-state index contributed by atoms with van der Waals surface area (Å²) in [7, 11) is 0. The largest absolute Gasteiger partial charge is 0.388 e. The highest BCUT2D eigenvalue weighted by atomic mass is 16.3. The first-order chi connectivity index (χ1) is 9.42. The van der Waals surface area contributed by atoms with Gasteiger partial charge in [0.05, 0.1) is 5.60 Å². The third-order valence-electron chi connectivity index (χ3n) is 3.99. The first-order valence-corrected chi connectivity index (χ1v) is 7.16. The topological polar surface area (TPSA) is 32.3 Å². The molecule has 0 aromatic heterocycles. The summed E-state index contributed by atoms with van der Waals surface area (Å²) in [6, 6.07) is 6.42. The standard InChI is InChI=1S/C18H27NO/c1-6-10-18(20,11-7-2)16(5)19-13-17-9-8-14(3)15(4)12-17/h6-9,12,16,19-20H,1-2,10-11,13H2,3-5H3/t16-/m0/s1. The van der Waals surface area contributed by atoms with Crippen molar-refractivity contribution in [1.29, 1.82) is 0 Å². The molecule has 0 unspecified atom stereocenters. The maximum atomic E-state index is 10.7. The number of nitrogens with one attached hydrogen (secondary N) is 1. The van der Waals surface area contributed by atoms with Crippen LogP contribution < -0.4 is 5.32 Å². The van der Waals surface area contributed by atoms with Crippen LogP contribution in [0.25, 0.3) is 0 Å². The summed E-state index contributed by atoms with van der Waals surface area (Å²) in [6.07, 6.45) is 4.63. The maximum Gasteiger partial charge on any atom is 0.0865 e. The van der Waals surface area contributed by atoms with Crippen molar-refractivity contribution in [2.75, 3.05) is 0 Å². The Morgan fingerprint density at radius 2 is 1.80 bits per heavy atom. The SMILES string of the molecule is C=CCC(O)(CC=C)[C@H](C)NCc1ccc(C)c(C)c1. The summed E-state index contributed by atoms with van der Waals surface area (Å²) in [5, 5.41) is 14.1. The van der Waals surface area contributed by atoms with E-state index in [-0.39, 0.29) is 6.04 Å². The minimum atomic E-state index is -0.816. The third-order valence-corrected chi connectivity index (χ3v) is 3.99. The van der Waals surface area contributed by atoms with Crippen molar-refractivity contribution in [3.63, 3.8) is 0 Å². The number of hydrogen-bond acceptors (Lipinski definition) is 2. The van der Waals surface area contributed by atoms with E-state index in [1.165, 1.54) is 16.7 Å². The molecule has 0 bridgehead atoms. The average molecular weight is 273 g/mol. The summed E-state index contributed by atoms with van der Waals surface area (Å²) < 4.78 is 0. The molecule has 0 aliphatic rings. The molecule has 2 heteroatoms. The van der Waals surface area contributed by atoms with E-state index in [9.17, 15) is 5.11 Å². The van der Waals surface area contributed by atoms with Crippen LogP contribution in [0.4, 0.5) is 0 Å². The fourth-order valence-corrected chi connectivity index (χ4v) is 2.31.